The number of rotatable bonds is 3. The van der Waals surface area contributed by atoms with Crippen LogP contribution in [0.25, 0.3) is 33.5 Å². The van der Waals surface area contributed by atoms with E-state index in [9.17, 15) is 4.79 Å². The van der Waals surface area contributed by atoms with E-state index in [-0.39, 0.29) is 5.91 Å². The summed E-state index contributed by atoms with van der Waals surface area (Å²) in [6, 6.07) is 21.4. The van der Waals surface area contributed by atoms with Crippen LogP contribution in [0.1, 0.15) is 21.5 Å². The molecule has 2 aromatic heterocycles. The number of benzene rings is 3. The van der Waals surface area contributed by atoms with E-state index in [1.807, 2.05) is 54.6 Å². The average Bonchev–Trinajstić information content (AvgIpc) is 3.40. The number of carbonyl (C=O) groups excluding carboxylic acids is 1. The Hall–Kier alpha value is -3.99. The summed E-state index contributed by atoms with van der Waals surface area (Å²) < 4.78 is 5.76. The largest absolute Gasteiger partial charge is 0.434 e. The fourth-order valence-electron chi connectivity index (χ4n) is 4.23. The van der Waals surface area contributed by atoms with E-state index >= 15 is 0 Å². The van der Waals surface area contributed by atoms with Gasteiger partial charge in [0.2, 0.25) is 5.89 Å². The number of carbonyl (C=O) groups is 1. The number of nitrogens with one attached hydrogen (secondary N) is 1. The summed E-state index contributed by atoms with van der Waals surface area (Å²) in [4.78, 5) is 21.6. The van der Waals surface area contributed by atoms with Gasteiger partial charge < -0.3 is 9.73 Å². The maximum Gasteiger partial charge on any atom is 0.256 e. The zero-order valence-electron chi connectivity index (χ0n) is 16.1. The molecule has 5 heteroatoms. The van der Waals surface area contributed by atoms with Crippen molar-refractivity contribution in [2.24, 2.45) is 0 Å². The number of aryl methyl sites for hydroxylation is 2. The van der Waals surface area contributed by atoms with Gasteiger partial charge >= 0.3 is 0 Å². The van der Waals surface area contributed by atoms with E-state index in [0.29, 0.717) is 22.7 Å². The first-order valence-electron chi connectivity index (χ1n) is 9.93. The van der Waals surface area contributed by atoms with Crippen LogP contribution in [0.5, 0.6) is 0 Å². The quantitative estimate of drug-likeness (QED) is 0.447. The van der Waals surface area contributed by atoms with E-state index in [2.05, 4.69) is 27.4 Å². The molecular formula is C25H17N3O2. The Bertz CT molecular complexity index is 1390. The molecule has 0 saturated heterocycles. The van der Waals surface area contributed by atoms with Crippen LogP contribution < -0.4 is 5.32 Å². The third-order valence-electron chi connectivity index (χ3n) is 5.68. The number of oxazole rings is 1. The molecule has 0 saturated carbocycles. The predicted molar refractivity (Wildman–Crippen MR) is 117 cm³/mol. The first-order valence-corrected chi connectivity index (χ1v) is 9.93. The van der Waals surface area contributed by atoms with Gasteiger partial charge in [-0.25, -0.2) is 4.98 Å². The van der Waals surface area contributed by atoms with Crippen LogP contribution in [0.2, 0.25) is 0 Å². The smallest absolute Gasteiger partial charge is 0.256 e. The van der Waals surface area contributed by atoms with Gasteiger partial charge in [-0.15, -0.1) is 0 Å². The number of hydrogen-bond donors (Lipinski definition) is 1. The highest BCUT2D eigenvalue weighted by molar-refractivity contribution is 6.14. The summed E-state index contributed by atoms with van der Waals surface area (Å²) in [6.07, 6.45) is 3.78. The lowest BCUT2D eigenvalue weighted by atomic mass is 9.99. The molecule has 5 nitrogen and oxygen atoms in total. The molecular weight excluding hydrogens is 374 g/mol. The normalized spacial score (nSPS) is 12.5. The van der Waals surface area contributed by atoms with Gasteiger partial charge in [-0.2, -0.15) is 4.98 Å². The fraction of sp³-hybridized carbons (Fsp3) is 0.0800. The minimum Gasteiger partial charge on any atom is -0.434 e. The molecule has 144 valence electrons. The summed E-state index contributed by atoms with van der Waals surface area (Å²) in [5, 5.41) is 5.28. The monoisotopic (exact) mass is 391 g/mol. The van der Waals surface area contributed by atoms with Crippen molar-refractivity contribution in [1.29, 1.82) is 0 Å². The minimum absolute atomic E-state index is 0.107. The first kappa shape index (κ1) is 16.9. The van der Waals surface area contributed by atoms with E-state index in [4.69, 9.17) is 4.42 Å². The lowest BCUT2D eigenvalue weighted by Gasteiger charge is -2.10. The van der Waals surface area contributed by atoms with Gasteiger partial charge in [-0.1, -0.05) is 24.3 Å². The third kappa shape index (κ3) is 2.67. The van der Waals surface area contributed by atoms with E-state index in [1.165, 1.54) is 16.5 Å². The first-order chi connectivity index (χ1) is 14.8. The third-order valence-corrected chi connectivity index (χ3v) is 5.68. The summed E-state index contributed by atoms with van der Waals surface area (Å²) >= 11 is 0. The van der Waals surface area contributed by atoms with Crippen molar-refractivity contribution in [3.63, 3.8) is 0 Å². The number of anilines is 1. The molecule has 1 aliphatic carbocycles. The van der Waals surface area contributed by atoms with Crippen molar-refractivity contribution in [1.82, 2.24) is 9.97 Å². The predicted octanol–water partition coefficient (Wildman–Crippen LogP) is 5.39. The zero-order chi connectivity index (χ0) is 20.1. The van der Waals surface area contributed by atoms with Crippen LogP contribution in [0, 0.1) is 0 Å². The Balaban J connectivity index is 1.29. The summed E-state index contributed by atoms with van der Waals surface area (Å²) in [5.41, 5.74) is 6.14. The summed E-state index contributed by atoms with van der Waals surface area (Å²) in [6.45, 7) is 0. The zero-order valence-corrected chi connectivity index (χ0v) is 16.1. The highest BCUT2D eigenvalue weighted by Crippen LogP contribution is 2.33. The second-order valence-electron chi connectivity index (χ2n) is 7.49. The van der Waals surface area contributed by atoms with Crippen molar-refractivity contribution in [2.45, 2.75) is 12.8 Å². The van der Waals surface area contributed by atoms with E-state index < -0.39 is 0 Å². The van der Waals surface area contributed by atoms with Gasteiger partial charge in [0, 0.05) is 23.0 Å². The average molecular weight is 391 g/mol. The Morgan fingerprint density at radius 1 is 0.900 bits per heavy atom. The fourth-order valence-corrected chi connectivity index (χ4v) is 4.23. The number of pyridine rings is 1. The van der Waals surface area contributed by atoms with Gasteiger partial charge in [0.1, 0.15) is 0 Å². The second-order valence-corrected chi connectivity index (χ2v) is 7.49. The van der Waals surface area contributed by atoms with Crippen molar-refractivity contribution in [3.8, 4) is 11.5 Å². The molecule has 2 heterocycles. The summed E-state index contributed by atoms with van der Waals surface area (Å²) in [7, 11) is 0. The number of fused-ring (bicyclic) bond motifs is 1. The Labute approximate surface area is 172 Å². The molecule has 5 aromatic rings. The van der Waals surface area contributed by atoms with Crippen LogP contribution in [0.15, 0.2) is 77.3 Å². The van der Waals surface area contributed by atoms with Crippen molar-refractivity contribution < 1.29 is 9.21 Å². The second kappa shape index (κ2) is 6.52. The molecule has 0 radical (unpaired) electrons. The summed E-state index contributed by atoms with van der Waals surface area (Å²) in [5.74, 6) is 0.401. The number of aromatic nitrogens is 2. The lowest BCUT2D eigenvalue weighted by Crippen LogP contribution is -2.12. The van der Waals surface area contributed by atoms with Crippen molar-refractivity contribution >= 4 is 33.6 Å². The van der Waals surface area contributed by atoms with Crippen LogP contribution in [-0.2, 0) is 12.8 Å². The van der Waals surface area contributed by atoms with Gasteiger partial charge in [-0.05, 0) is 77.2 Å². The highest BCUT2D eigenvalue weighted by atomic mass is 16.3. The van der Waals surface area contributed by atoms with Gasteiger partial charge in [-0.3, -0.25) is 4.79 Å². The number of nitrogens with zero attached hydrogens (tertiary/aromatic N) is 2. The molecule has 0 spiro atoms. The molecule has 0 unspecified atom stereocenters. The Morgan fingerprint density at radius 2 is 1.73 bits per heavy atom. The van der Waals surface area contributed by atoms with Crippen LogP contribution in [0.3, 0.4) is 0 Å². The van der Waals surface area contributed by atoms with E-state index in [0.717, 1.165) is 29.5 Å². The molecule has 0 bridgehead atoms. The SMILES string of the molecule is O=C(Nc1ccc(-c2nc3ncccc3o2)cc1)c1ccc2c3c(cccc13)CC2. The standard InChI is InChI=1S/C25H17N3O2/c29-24(20-13-10-16-7-6-15-3-1-4-19(20)22(15)16)27-18-11-8-17(9-12-18)25-28-23-21(30-25)5-2-14-26-23/h1-5,8-14H,6-7H2,(H,27,29). The van der Waals surface area contributed by atoms with Crippen molar-refractivity contribution in [2.75, 3.05) is 5.32 Å². The molecule has 6 rings (SSSR count). The molecule has 0 atom stereocenters. The van der Waals surface area contributed by atoms with Gasteiger partial charge in [0.15, 0.2) is 11.2 Å². The molecule has 1 aliphatic rings. The number of amides is 1. The van der Waals surface area contributed by atoms with Gasteiger partial charge in [0.25, 0.3) is 5.91 Å². The Morgan fingerprint density at radius 3 is 2.57 bits per heavy atom. The molecule has 0 fully saturated rings. The maximum atomic E-state index is 13.0. The Kier molecular flexibility index (Phi) is 3.68. The minimum atomic E-state index is -0.107. The van der Waals surface area contributed by atoms with E-state index in [1.54, 1.807) is 6.20 Å². The molecule has 1 amide bonds. The molecule has 30 heavy (non-hydrogen) atoms. The van der Waals surface area contributed by atoms with Crippen molar-refractivity contribution in [3.05, 3.63) is 89.6 Å². The van der Waals surface area contributed by atoms with Crippen LogP contribution >= 0.6 is 0 Å². The van der Waals surface area contributed by atoms with Crippen LogP contribution in [-0.4, -0.2) is 15.9 Å². The molecule has 3 aromatic carbocycles. The molecule has 1 N–H and O–H groups in total. The topological polar surface area (TPSA) is 68.0 Å². The highest BCUT2D eigenvalue weighted by Gasteiger charge is 2.19. The van der Waals surface area contributed by atoms with Crippen LogP contribution in [0.4, 0.5) is 5.69 Å². The lowest BCUT2D eigenvalue weighted by molar-refractivity contribution is 0.102. The maximum absolute atomic E-state index is 13.0. The van der Waals surface area contributed by atoms with Gasteiger partial charge in [0.05, 0.1) is 0 Å². The number of hydrogen-bond acceptors (Lipinski definition) is 4. The molecule has 0 aliphatic heterocycles.